The molecule has 6 rings (SSSR count). The third-order valence-electron chi connectivity index (χ3n) is 15.3. The van der Waals surface area contributed by atoms with Gasteiger partial charge in [0.1, 0.15) is 11.7 Å². The molecule has 1 unspecified atom stereocenters. The van der Waals surface area contributed by atoms with Crippen molar-refractivity contribution in [2.75, 3.05) is 13.7 Å². The quantitative estimate of drug-likeness (QED) is 0.0819. The zero-order valence-electron chi connectivity index (χ0n) is 41.7. The van der Waals surface area contributed by atoms with Crippen molar-refractivity contribution in [2.24, 2.45) is 23.7 Å². The molecule has 3 aromatic rings. The summed E-state index contributed by atoms with van der Waals surface area (Å²) < 4.78 is 11.2. The van der Waals surface area contributed by atoms with Crippen LogP contribution in [0.4, 0.5) is 0 Å². The van der Waals surface area contributed by atoms with Gasteiger partial charge in [-0.15, -0.1) is 0 Å². The Morgan fingerprint density at radius 1 is 0.754 bits per heavy atom. The highest BCUT2D eigenvalue weighted by atomic mass is 16.5. The average Bonchev–Trinajstić information content (AvgIpc) is 4.00. The molecule has 1 aliphatic carbocycles. The van der Waals surface area contributed by atoms with Crippen molar-refractivity contribution in [3.63, 3.8) is 0 Å². The van der Waals surface area contributed by atoms with E-state index >= 15 is 0 Å². The number of nitrogens with one attached hydrogen (secondary N) is 2. The number of carbonyl (C=O) groups excluding carboxylic acids is 2. The van der Waals surface area contributed by atoms with Crippen LogP contribution in [0.15, 0.2) is 18.2 Å². The van der Waals surface area contributed by atoms with Crippen molar-refractivity contribution in [1.29, 1.82) is 0 Å². The number of aryl methyl sites for hydroxylation is 2. The van der Waals surface area contributed by atoms with Gasteiger partial charge in [-0.05, 0) is 93.0 Å². The van der Waals surface area contributed by atoms with Crippen molar-refractivity contribution in [1.82, 2.24) is 19.9 Å². The number of nitrogens with zero attached hydrogens (tertiary/aromatic N) is 2. The molecular weight excluding hydrogens is 813 g/mol. The van der Waals surface area contributed by atoms with Gasteiger partial charge in [0.25, 0.3) is 0 Å². The number of ether oxygens (including phenoxy) is 2. The largest absolute Gasteiger partial charge is 0.512 e. The fourth-order valence-corrected chi connectivity index (χ4v) is 11.0. The lowest BCUT2D eigenvalue weighted by atomic mass is 9.84. The Labute approximate surface area is 388 Å². The lowest BCUT2D eigenvalue weighted by Gasteiger charge is -2.19. The van der Waals surface area contributed by atoms with Gasteiger partial charge < -0.3 is 29.7 Å². The topological polar surface area (TPSA) is 150 Å². The summed E-state index contributed by atoms with van der Waals surface area (Å²) in [6.07, 6.45) is 13.9. The number of esters is 2. The summed E-state index contributed by atoms with van der Waals surface area (Å²) in [6.45, 7) is 24.2. The molecule has 8 bridgehead atoms. The Bertz CT molecular complexity index is 2480. The maximum atomic E-state index is 13.7. The Morgan fingerprint density at radius 2 is 1.31 bits per heavy atom. The van der Waals surface area contributed by atoms with Crippen molar-refractivity contribution in [3.8, 4) is 0 Å². The van der Waals surface area contributed by atoms with E-state index in [9.17, 15) is 19.8 Å². The predicted octanol–water partition coefficient (Wildman–Crippen LogP) is 12.5. The van der Waals surface area contributed by atoms with E-state index in [1.54, 1.807) is 6.92 Å². The van der Waals surface area contributed by atoms with E-state index in [1.165, 1.54) is 58.5 Å². The van der Waals surface area contributed by atoms with Gasteiger partial charge >= 0.3 is 11.9 Å². The number of hydrogen-bond acceptors (Lipinski definition) is 8. The van der Waals surface area contributed by atoms with Crippen LogP contribution >= 0.6 is 0 Å². The van der Waals surface area contributed by atoms with Crippen molar-refractivity contribution in [2.45, 2.75) is 189 Å². The van der Waals surface area contributed by atoms with Crippen LogP contribution in [0.1, 0.15) is 215 Å². The molecule has 5 heterocycles. The minimum absolute atomic E-state index is 0.0683. The Kier molecular flexibility index (Phi) is 16.7. The third kappa shape index (κ3) is 11.2. The highest BCUT2D eigenvalue weighted by molar-refractivity contribution is 5.96. The number of methoxy groups -OCH3 is 1. The van der Waals surface area contributed by atoms with Gasteiger partial charge in [-0.3, -0.25) is 19.6 Å². The molecule has 0 amide bonds. The highest BCUT2D eigenvalue weighted by Crippen LogP contribution is 2.46. The molecule has 3 aromatic heterocycles. The molecule has 3 aliphatic rings. The summed E-state index contributed by atoms with van der Waals surface area (Å²) in [5.41, 5.74) is 8.55. The summed E-state index contributed by atoms with van der Waals surface area (Å²) in [7, 11) is 1.33. The van der Waals surface area contributed by atoms with Gasteiger partial charge in [-0.1, -0.05) is 113 Å². The smallest absolute Gasteiger partial charge is 0.321 e. The van der Waals surface area contributed by atoms with Crippen LogP contribution < -0.4 is 10.4 Å². The van der Waals surface area contributed by atoms with Gasteiger partial charge in [0, 0.05) is 74.2 Å². The second-order valence-corrected chi connectivity index (χ2v) is 20.8. The first-order chi connectivity index (χ1) is 30.9. The third-order valence-corrected chi connectivity index (χ3v) is 15.3. The van der Waals surface area contributed by atoms with E-state index in [4.69, 9.17) is 19.4 Å². The lowest BCUT2D eigenvalue weighted by Crippen LogP contribution is -2.18. The van der Waals surface area contributed by atoms with Crippen molar-refractivity contribution < 1.29 is 29.3 Å². The van der Waals surface area contributed by atoms with Gasteiger partial charge in [0.2, 0.25) is 0 Å². The first-order valence-corrected chi connectivity index (χ1v) is 25.1. The average molecular weight is 893 g/mol. The van der Waals surface area contributed by atoms with Gasteiger partial charge in [-0.25, -0.2) is 0 Å². The molecule has 356 valence electrons. The zero-order valence-corrected chi connectivity index (χ0v) is 41.7. The van der Waals surface area contributed by atoms with Crippen molar-refractivity contribution >= 4 is 45.5 Å². The number of aromatic amines is 2. The Morgan fingerprint density at radius 3 is 1.91 bits per heavy atom. The summed E-state index contributed by atoms with van der Waals surface area (Å²) >= 11 is 0. The van der Waals surface area contributed by atoms with E-state index < -0.39 is 11.9 Å². The molecule has 10 heteroatoms. The van der Waals surface area contributed by atoms with Crippen molar-refractivity contribution in [3.05, 3.63) is 68.1 Å². The molecule has 4 N–H and O–H groups in total. The summed E-state index contributed by atoms with van der Waals surface area (Å²) in [4.78, 5) is 44.8. The lowest BCUT2D eigenvalue weighted by molar-refractivity contribution is -0.144. The molecule has 65 heavy (non-hydrogen) atoms. The molecular formula is C55H80N4O6. The maximum Gasteiger partial charge on any atom is 0.321 e. The number of carbonyl (C=O) groups is 2. The first kappa shape index (κ1) is 49.8. The van der Waals surface area contributed by atoms with Crippen LogP contribution in [0.2, 0.25) is 0 Å². The number of hydrogen-bond donors (Lipinski definition) is 4. The van der Waals surface area contributed by atoms with Crippen LogP contribution in [-0.2, 0) is 19.1 Å². The van der Waals surface area contributed by atoms with Crippen LogP contribution in [0.5, 0.6) is 0 Å². The molecule has 0 spiro atoms. The van der Waals surface area contributed by atoms with E-state index in [-0.39, 0.29) is 47.6 Å². The second kappa shape index (κ2) is 21.8. The molecule has 0 saturated carbocycles. The number of aromatic nitrogens is 4. The van der Waals surface area contributed by atoms with Gasteiger partial charge in [0.05, 0.1) is 36.2 Å². The van der Waals surface area contributed by atoms with Crippen LogP contribution in [0.3, 0.4) is 0 Å². The molecule has 0 saturated heterocycles. The molecule has 0 aromatic carbocycles. The Balaban J connectivity index is 1.23. The van der Waals surface area contributed by atoms with E-state index in [2.05, 4.69) is 77.5 Å². The molecule has 0 radical (unpaired) electrons. The van der Waals surface area contributed by atoms with Crippen LogP contribution in [-0.4, -0.2) is 55.8 Å². The normalized spacial score (nSPS) is 21.1. The standard InChI is InChI=1S/C55H80N4O6/c1-13-39-34(7)41-29-46-48(38(11)60)36(9)43(57-46)27-42-35(8)40(52(58-42)50-51(55(63)64-12)54(62)49-37(10)44(59-53(49)50)28-45(39)56-41)23-24-47(61)65-26-25-33(6)22-16-21-32(5)20-15-19-31(4)18-14-17-30(2)3/h27-35,39-40,51,57,59-60,62H,13-26H2,1-12H3/t31-,32-,33?,34-,35+,39-,40+,51-/m1/s1. The molecule has 0 fully saturated rings. The number of fused-ring (bicyclic) bond motifs is 8. The van der Waals surface area contributed by atoms with E-state index in [0.29, 0.717) is 40.9 Å². The number of H-pyrrole nitrogens is 2. The van der Waals surface area contributed by atoms with Crippen LogP contribution in [0, 0.1) is 37.5 Å². The first-order valence-electron chi connectivity index (χ1n) is 25.1. The van der Waals surface area contributed by atoms with Crippen LogP contribution in [0.25, 0.3) is 33.6 Å². The molecule has 10 nitrogen and oxygen atoms in total. The van der Waals surface area contributed by atoms with E-state index in [1.807, 2.05) is 19.9 Å². The number of aliphatic hydroxyl groups excluding tert-OH is 2. The monoisotopic (exact) mass is 893 g/mol. The minimum atomic E-state index is -1.08. The summed E-state index contributed by atoms with van der Waals surface area (Å²) in [5, 5.41) is 24.2. The molecule has 8 atom stereocenters. The Hall–Kier alpha value is -4.60. The maximum absolute atomic E-state index is 13.7. The van der Waals surface area contributed by atoms with E-state index in [0.717, 1.165) is 87.0 Å². The predicted molar refractivity (Wildman–Crippen MR) is 264 cm³/mol. The van der Waals surface area contributed by atoms with Gasteiger partial charge in [-0.2, -0.15) is 0 Å². The SMILES string of the molecule is CC[C@H]1c2cc3[nH]c4c(c5nc(cc6[nH]c(cc(n2)[C@@H]1C)c(=C(C)O)c6C)[C@@H](C)[C@@H]5CCC(=O)OCCC(C)CCC[C@H](C)CCC[C@H](C)CCCC(C)C)[C@@H](C(=O)OC)C(O)=c4c3C. The fourth-order valence-electron chi connectivity index (χ4n) is 11.0. The zero-order chi connectivity index (χ0) is 47.3. The summed E-state index contributed by atoms with van der Waals surface area (Å²) in [5.74, 6) is 0.918. The number of aliphatic hydroxyl groups is 2. The minimum Gasteiger partial charge on any atom is -0.512 e. The summed E-state index contributed by atoms with van der Waals surface area (Å²) in [6, 6.07) is 6.14. The highest BCUT2D eigenvalue weighted by Gasteiger charge is 2.42. The molecule has 2 aliphatic heterocycles. The second-order valence-electron chi connectivity index (χ2n) is 20.8. The fraction of sp³-hybridized carbons (Fsp3) is 0.636. The number of rotatable bonds is 20. The van der Waals surface area contributed by atoms with Gasteiger partial charge in [0.15, 0.2) is 0 Å².